The molecule has 0 aliphatic rings. The molecule has 0 radical (unpaired) electrons. The topological polar surface area (TPSA) is 54.9 Å². The second-order valence-corrected chi connectivity index (χ2v) is 6.97. The molecule has 27 heavy (non-hydrogen) atoms. The first kappa shape index (κ1) is 20.8. The normalized spacial score (nSPS) is 11.1. The van der Waals surface area contributed by atoms with Gasteiger partial charge in [-0.1, -0.05) is 12.1 Å². The summed E-state index contributed by atoms with van der Waals surface area (Å²) in [6.45, 7) is 8.11. The van der Waals surface area contributed by atoms with Gasteiger partial charge in [-0.2, -0.15) is 0 Å². The molecule has 0 bridgehead atoms. The lowest BCUT2D eigenvalue weighted by Gasteiger charge is -2.14. The van der Waals surface area contributed by atoms with Crippen LogP contribution in [0.2, 0.25) is 0 Å². The summed E-state index contributed by atoms with van der Waals surface area (Å²) in [7, 11) is 3.31. The fourth-order valence-corrected chi connectivity index (χ4v) is 3.48. The standard InChI is InChI=1S/C21H29N3O2S/c1-5-8-17-13-16(14-19(25-3)20(17)26-4)15-24-21(22-6-2)23-11-10-18-9-7-12-27-18/h5,7,9,12-14H,1,6,8,10-11,15H2,2-4H3,(H2,22,23,24). The second kappa shape index (κ2) is 11.3. The molecule has 0 fully saturated rings. The summed E-state index contributed by atoms with van der Waals surface area (Å²) in [5.41, 5.74) is 2.12. The van der Waals surface area contributed by atoms with E-state index in [2.05, 4.69) is 47.7 Å². The molecule has 2 aromatic rings. The number of methoxy groups -OCH3 is 2. The van der Waals surface area contributed by atoms with Gasteiger partial charge in [0.15, 0.2) is 17.5 Å². The number of hydrogen-bond acceptors (Lipinski definition) is 4. The third-order valence-electron chi connectivity index (χ3n) is 3.99. The lowest BCUT2D eigenvalue weighted by Crippen LogP contribution is -2.38. The van der Waals surface area contributed by atoms with E-state index in [9.17, 15) is 0 Å². The number of thiophene rings is 1. The Morgan fingerprint density at radius 3 is 2.74 bits per heavy atom. The van der Waals surface area contributed by atoms with E-state index in [1.165, 1.54) is 4.88 Å². The fraction of sp³-hybridized carbons (Fsp3) is 0.381. The minimum absolute atomic E-state index is 0.554. The van der Waals surface area contributed by atoms with Gasteiger partial charge in [-0.15, -0.1) is 17.9 Å². The average molecular weight is 388 g/mol. The minimum Gasteiger partial charge on any atom is -0.493 e. The van der Waals surface area contributed by atoms with E-state index in [0.29, 0.717) is 6.54 Å². The molecule has 0 amide bonds. The number of hydrogen-bond donors (Lipinski definition) is 2. The van der Waals surface area contributed by atoms with Gasteiger partial charge in [-0.3, -0.25) is 0 Å². The van der Waals surface area contributed by atoms with Crippen LogP contribution in [0.5, 0.6) is 11.5 Å². The highest BCUT2D eigenvalue weighted by Crippen LogP contribution is 2.33. The Morgan fingerprint density at radius 2 is 2.11 bits per heavy atom. The van der Waals surface area contributed by atoms with E-state index < -0.39 is 0 Å². The molecule has 2 N–H and O–H groups in total. The summed E-state index contributed by atoms with van der Waals surface area (Å²) in [4.78, 5) is 6.08. The number of guanidine groups is 1. The van der Waals surface area contributed by atoms with Gasteiger partial charge in [0.25, 0.3) is 0 Å². The number of allylic oxidation sites excluding steroid dienone is 1. The SMILES string of the molecule is C=CCc1cc(CN=C(NCC)NCCc2cccs2)cc(OC)c1OC. The van der Waals surface area contributed by atoms with E-state index >= 15 is 0 Å². The van der Waals surface area contributed by atoms with Crippen molar-refractivity contribution in [1.29, 1.82) is 0 Å². The predicted molar refractivity (Wildman–Crippen MR) is 114 cm³/mol. The van der Waals surface area contributed by atoms with Crippen molar-refractivity contribution in [2.24, 2.45) is 4.99 Å². The molecular formula is C21H29N3O2S. The van der Waals surface area contributed by atoms with Crippen molar-refractivity contribution in [3.63, 3.8) is 0 Å². The Hall–Kier alpha value is -2.47. The van der Waals surface area contributed by atoms with Gasteiger partial charge >= 0.3 is 0 Å². The summed E-state index contributed by atoms with van der Waals surface area (Å²) in [6.07, 6.45) is 3.57. The molecule has 1 heterocycles. The Balaban J connectivity index is 2.08. The van der Waals surface area contributed by atoms with Crippen molar-refractivity contribution in [2.45, 2.75) is 26.3 Å². The maximum atomic E-state index is 5.50. The predicted octanol–water partition coefficient (Wildman–Crippen LogP) is 3.79. The largest absolute Gasteiger partial charge is 0.493 e. The minimum atomic E-state index is 0.554. The van der Waals surface area contributed by atoms with E-state index in [0.717, 1.165) is 54.5 Å². The maximum Gasteiger partial charge on any atom is 0.191 e. The molecule has 0 atom stereocenters. The van der Waals surface area contributed by atoms with Crippen molar-refractivity contribution in [1.82, 2.24) is 10.6 Å². The second-order valence-electron chi connectivity index (χ2n) is 5.93. The van der Waals surface area contributed by atoms with Gasteiger partial charge in [0.2, 0.25) is 0 Å². The van der Waals surface area contributed by atoms with Crippen molar-refractivity contribution in [3.05, 3.63) is 58.3 Å². The molecule has 0 saturated heterocycles. The quantitative estimate of drug-likeness (QED) is 0.370. The smallest absolute Gasteiger partial charge is 0.191 e. The Morgan fingerprint density at radius 1 is 1.26 bits per heavy atom. The van der Waals surface area contributed by atoms with Crippen LogP contribution < -0.4 is 20.1 Å². The van der Waals surface area contributed by atoms with E-state index in [-0.39, 0.29) is 0 Å². The highest BCUT2D eigenvalue weighted by Gasteiger charge is 2.11. The molecular weight excluding hydrogens is 358 g/mol. The van der Waals surface area contributed by atoms with Crippen LogP contribution in [-0.2, 0) is 19.4 Å². The zero-order valence-electron chi connectivity index (χ0n) is 16.4. The molecule has 0 aliphatic heterocycles. The maximum absolute atomic E-state index is 5.50. The van der Waals surface area contributed by atoms with Crippen LogP contribution in [0.25, 0.3) is 0 Å². The van der Waals surface area contributed by atoms with E-state index in [4.69, 9.17) is 14.5 Å². The monoisotopic (exact) mass is 387 g/mol. The third kappa shape index (κ3) is 6.32. The first-order valence-electron chi connectivity index (χ1n) is 9.11. The number of ether oxygens (including phenoxy) is 2. The lowest BCUT2D eigenvalue weighted by molar-refractivity contribution is 0.352. The lowest BCUT2D eigenvalue weighted by atomic mass is 10.1. The fourth-order valence-electron chi connectivity index (χ4n) is 2.78. The molecule has 5 nitrogen and oxygen atoms in total. The number of nitrogens with one attached hydrogen (secondary N) is 2. The summed E-state index contributed by atoms with van der Waals surface area (Å²) < 4.78 is 11.0. The number of nitrogens with zero attached hydrogens (tertiary/aromatic N) is 1. The Labute approximate surface area is 166 Å². The molecule has 0 aliphatic carbocycles. The Bertz CT molecular complexity index is 742. The molecule has 6 heteroatoms. The van der Waals surface area contributed by atoms with Gasteiger partial charge < -0.3 is 20.1 Å². The van der Waals surface area contributed by atoms with E-state index in [1.807, 2.05) is 12.1 Å². The highest BCUT2D eigenvalue weighted by molar-refractivity contribution is 7.09. The van der Waals surface area contributed by atoms with Crippen LogP contribution in [0.1, 0.15) is 22.9 Å². The summed E-state index contributed by atoms with van der Waals surface area (Å²) in [6, 6.07) is 8.31. The highest BCUT2D eigenvalue weighted by atomic mass is 32.1. The first-order valence-corrected chi connectivity index (χ1v) is 9.99. The van der Waals surface area contributed by atoms with Gasteiger partial charge in [0.05, 0.1) is 20.8 Å². The Kier molecular flexibility index (Phi) is 8.71. The van der Waals surface area contributed by atoms with Gasteiger partial charge in [-0.05, 0) is 48.9 Å². The molecule has 146 valence electrons. The molecule has 1 aromatic carbocycles. The zero-order chi connectivity index (χ0) is 19.5. The van der Waals surface area contributed by atoms with Crippen molar-refractivity contribution in [3.8, 4) is 11.5 Å². The average Bonchev–Trinajstić information content (AvgIpc) is 3.19. The van der Waals surface area contributed by atoms with Gasteiger partial charge in [-0.25, -0.2) is 4.99 Å². The third-order valence-corrected chi connectivity index (χ3v) is 4.92. The molecule has 2 rings (SSSR count). The van der Waals surface area contributed by atoms with Crippen molar-refractivity contribution in [2.75, 3.05) is 27.3 Å². The number of aliphatic imine (C=N–C) groups is 1. The number of rotatable bonds is 10. The van der Waals surface area contributed by atoms with Crippen LogP contribution in [-0.4, -0.2) is 33.3 Å². The number of benzene rings is 1. The van der Waals surface area contributed by atoms with Crippen LogP contribution in [0.4, 0.5) is 0 Å². The molecule has 1 aromatic heterocycles. The van der Waals surface area contributed by atoms with Crippen LogP contribution in [0.3, 0.4) is 0 Å². The van der Waals surface area contributed by atoms with E-state index in [1.54, 1.807) is 25.6 Å². The van der Waals surface area contributed by atoms with Crippen molar-refractivity contribution >= 4 is 17.3 Å². The molecule has 0 spiro atoms. The summed E-state index contributed by atoms with van der Waals surface area (Å²) in [5.74, 6) is 2.29. The summed E-state index contributed by atoms with van der Waals surface area (Å²) in [5, 5.41) is 8.79. The van der Waals surface area contributed by atoms with Gasteiger partial charge in [0.1, 0.15) is 0 Å². The van der Waals surface area contributed by atoms with Crippen LogP contribution in [0.15, 0.2) is 47.3 Å². The summed E-state index contributed by atoms with van der Waals surface area (Å²) >= 11 is 1.78. The molecule has 0 unspecified atom stereocenters. The van der Waals surface area contributed by atoms with Crippen LogP contribution >= 0.6 is 11.3 Å². The zero-order valence-corrected chi connectivity index (χ0v) is 17.2. The van der Waals surface area contributed by atoms with Crippen molar-refractivity contribution < 1.29 is 9.47 Å². The van der Waals surface area contributed by atoms with Gasteiger partial charge in [0, 0.05) is 23.5 Å². The molecule has 0 saturated carbocycles. The first-order chi connectivity index (χ1) is 13.2. The van der Waals surface area contributed by atoms with Crippen LogP contribution in [0, 0.1) is 0 Å².